The lowest BCUT2D eigenvalue weighted by atomic mass is 10.0. The van der Waals surface area contributed by atoms with Gasteiger partial charge >= 0.3 is 12.1 Å². The number of halogens is 4. The van der Waals surface area contributed by atoms with Gasteiger partial charge in [0.15, 0.2) is 0 Å². The van der Waals surface area contributed by atoms with Crippen molar-refractivity contribution in [3.05, 3.63) is 70.5 Å². The number of nitrogens with zero attached hydrogens (tertiary/aromatic N) is 3. The number of imidazole rings is 1. The Morgan fingerprint density at radius 1 is 1.12 bits per heavy atom. The van der Waals surface area contributed by atoms with Crippen molar-refractivity contribution in [1.82, 2.24) is 14.5 Å². The molecule has 1 N–H and O–H groups in total. The van der Waals surface area contributed by atoms with E-state index in [1.165, 1.54) is 0 Å². The summed E-state index contributed by atoms with van der Waals surface area (Å²) in [7, 11) is 1.93. The van der Waals surface area contributed by atoms with Crippen molar-refractivity contribution in [3.8, 4) is 11.4 Å². The Kier molecular flexibility index (Phi) is 6.15. The van der Waals surface area contributed by atoms with E-state index in [1.807, 2.05) is 48.1 Å². The summed E-state index contributed by atoms with van der Waals surface area (Å²) >= 11 is 6.43. The SMILES string of the molecule is Cn1ccnc1-c1ccc(CNc2c(Cl)ccc3c2CCN(C(=O)C(F)(F)F)CC3)cc1. The van der Waals surface area contributed by atoms with Crippen LogP contribution in [0.15, 0.2) is 48.8 Å². The first-order chi connectivity index (χ1) is 15.2. The van der Waals surface area contributed by atoms with Crippen molar-refractivity contribution in [2.75, 3.05) is 18.4 Å². The van der Waals surface area contributed by atoms with E-state index in [9.17, 15) is 18.0 Å². The fourth-order valence-electron chi connectivity index (χ4n) is 3.98. The largest absolute Gasteiger partial charge is 0.471 e. The zero-order valence-corrected chi connectivity index (χ0v) is 18.2. The van der Waals surface area contributed by atoms with E-state index in [0.29, 0.717) is 30.1 Å². The minimum absolute atomic E-state index is 0.00126. The van der Waals surface area contributed by atoms with Crippen molar-refractivity contribution in [3.63, 3.8) is 0 Å². The zero-order chi connectivity index (χ0) is 22.9. The van der Waals surface area contributed by atoms with Crippen LogP contribution in [0.2, 0.25) is 5.02 Å². The molecule has 3 aromatic rings. The molecule has 0 fully saturated rings. The predicted molar refractivity (Wildman–Crippen MR) is 117 cm³/mol. The molecule has 5 nitrogen and oxygen atoms in total. The molecule has 0 unspecified atom stereocenters. The lowest BCUT2D eigenvalue weighted by Crippen LogP contribution is -2.42. The van der Waals surface area contributed by atoms with Crippen LogP contribution < -0.4 is 5.32 Å². The van der Waals surface area contributed by atoms with Gasteiger partial charge in [-0.1, -0.05) is 41.9 Å². The smallest absolute Gasteiger partial charge is 0.380 e. The molecular formula is C23H22ClF3N4O. The molecule has 2 aromatic carbocycles. The van der Waals surface area contributed by atoms with Crippen LogP contribution in [0.1, 0.15) is 16.7 Å². The highest BCUT2D eigenvalue weighted by molar-refractivity contribution is 6.33. The Morgan fingerprint density at radius 2 is 1.84 bits per heavy atom. The molecule has 4 rings (SSSR count). The quantitative estimate of drug-likeness (QED) is 0.603. The minimum atomic E-state index is -4.86. The average molecular weight is 463 g/mol. The number of carbonyl (C=O) groups excluding carboxylic acids is 1. The first kappa shape index (κ1) is 22.2. The molecule has 168 valence electrons. The summed E-state index contributed by atoms with van der Waals surface area (Å²) in [5.41, 5.74) is 4.50. The number of aromatic nitrogens is 2. The van der Waals surface area contributed by atoms with Gasteiger partial charge in [0.2, 0.25) is 0 Å². The average Bonchev–Trinajstić information content (AvgIpc) is 3.07. The Bertz CT molecular complexity index is 1130. The fraction of sp³-hybridized carbons (Fsp3) is 0.304. The van der Waals surface area contributed by atoms with Crippen molar-refractivity contribution >= 4 is 23.2 Å². The van der Waals surface area contributed by atoms with Gasteiger partial charge in [0, 0.05) is 44.6 Å². The van der Waals surface area contributed by atoms with Crippen LogP contribution in [0, 0.1) is 0 Å². The summed E-state index contributed by atoms with van der Waals surface area (Å²) in [6.45, 7) is 0.530. The Labute approximate surface area is 188 Å². The maximum Gasteiger partial charge on any atom is 0.471 e. The number of carbonyl (C=O) groups is 1. The minimum Gasteiger partial charge on any atom is -0.380 e. The van der Waals surface area contributed by atoms with Gasteiger partial charge < -0.3 is 14.8 Å². The van der Waals surface area contributed by atoms with Crippen LogP contribution in [-0.4, -0.2) is 39.6 Å². The van der Waals surface area contributed by atoms with E-state index in [2.05, 4.69) is 10.3 Å². The summed E-state index contributed by atoms with van der Waals surface area (Å²) < 4.78 is 40.5. The van der Waals surface area contributed by atoms with Gasteiger partial charge in [0.1, 0.15) is 5.82 Å². The molecule has 9 heteroatoms. The van der Waals surface area contributed by atoms with E-state index < -0.39 is 12.1 Å². The number of benzene rings is 2. The molecule has 0 aliphatic carbocycles. The molecule has 0 spiro atoms. The Hall–Kier alpha value is -3.00. The molecular weight excluding hydrogens is 441 g/mol. The van der Waals surface area contributed by atoms with E-state index in [-0.39, 0.29) is 13.1 Å². The van der Waals surface area contributed by atoms with Gasteiger partial charge in [-0.25, -0.2) is 4.98 Å². The molecule has 1 aliphatic heterocycles. The standard InChI is InChI=1S/C23H22ClF3N4O/c1-30-13-10-28-21(30)17-4-2-15(3-5-17)14-29-20-18-9-12-31(22(32)23(25,26)27)11-8-16(18)6-7-19(20)24/h2-7,10,13,29H,8-9,11-12,14H2,1H3. The van der Waals surface area contributed by atoms with Crippen LogP contribution in [0.5, 0.6) is 0 Å². The van der Waals surface area contributed by atoms with Gasteiger partial charge in [-0.05, 0) is 35.6 Å². The van der Waals surface area contributed by atoms with Crippen LogP contribution in [-0.2, 0) is 31.2 Å². The second kappa shape index (κ2) is 8.86. The molecule has 0 bridgehead atoms. The first-order valence-corrected chi connectivity index (χ1v) is 10.6. The van der Waals surface area contributed by atoms with Crippen LogP contribution >= 0.6 is 11.6 Å². The number of hydrogen-bond donors (Lipinski definition) is 1. The maximum absolute atomic E-state index is 12.9. The number of amides is 1. The van der Waals surface area contributed by atoms with E-state index in [1.54, 1.807) is 12.3 Å². The lowest BCUT2D eigenvalue weighted by molar-refractivity contribution is -0.185. The number of aryl methyl sites for hydroxylation is 1. The highest BCUT2D eigenvalue weighted by atomic mass is 35.5. The number of nitrogens with one attached hydrogen (secondary N) is 1. The third kappa shape index (κ3) is 4.60. The number of rotatable bonds is 4. The van der Waals surface area contributed by atoms with E-state index in [0.717, 1.165) is 33.0 Å². The zero-order valence-electron chi connectivity index (χ0n) is 17.4. The molecule has 1 aromatic heterocycles. The first-order valence-electron chi connectivity index (χ1n) is 10.2. The molecule has 32 heavy (non-hydrogen) atoms. The molecule has 0 saturated carbocycles. The molecule has 1 aliphatic rings. The Morgan fingerprint density at radius 3 is 2.50 bits per heavy atom. The van der Waals surface area contributed by atoms with Crippen LogP contribution in [0.4, 0.5) is 18.9 Å². The third-order valence-corrected chi connectivity index (χ3v) is 5.99. The lowest BCUT2D eigenvalue weighted by Gasteiger charge is -2.21. The summed E-state index contributed by atoms with van der Waals surface area (Å²) in [4.78, 5) is 16.9. The van der Waals surface area contributed by atoms with Gasteiger partial charge in [0.25, 0.3) is 0 Å². The third-order valence-electron chi connectivity index (χ3n) is 5.67. The highest BCUT2D eigenvalue weighted by Crippen LogP contribution is 2.33. The van der Waals surface area contributed by atoms with Gasteiger partial charge in [-0.3, -0.25) is 4.79 Å². The number of alkyl halides is 3. The normalized spacial score (nSPS) is 14.1. The van der Waals surface area contributed by atoms with Crippen molar-refractivity contribution in [2.24, 2.45) is 7.05 Å². The second-order valence-electron chi connectivity index (χ2n) is 7.76. The van der Waals surface area contributed by atoms with Crippen molar-refractivity contribution in [2.45, 2.75) is 25.6 Å². The van der Waals surface area contributed by atoms with Gasteiger partial charge in [0.05, 0.1) is 10.7 Å². The fourth-order valence-corrected chi connectivity index (χ4v) is 4.22. The van der Waals surface area contributed by atoms with Gasteiger partial charge in [-0.2, -0.15) is 13.2 Å². The van der Waals surface area contributed by atoms with Crippen molar-refractivity contribution < 1.29 is 18.0 Å². The van der Waals surface area contributed by atoms with Crippen LogP contribution in [0.3, 0.4) is 0 Å². The molecule has 0 radical (unpaired) electrons. The maximum atomic E-state index is 12.9. The monoisotopic (exact) mass is 462 g/mol. The van der Waals surface area contributed by atoms with Gasteiger partial charge in [-0.15, -0.1) is 0 Å². The Balaban J connectivity index is 1.49. The summed E-state index contributed by atoms with van der Waals surface area (Å²) in [6, 6.07) is 11.5. The molecule has 0 saturated heterocycles. The topological polar surface area (TPSA) is 50.2 Å². The summed E-state index contributed by atoms with van der Waals surface area (Å²) in [6.07, 6.45) is -0.579. The molecule has 1 amide bonds. The number of hydrogen-bond acceptors (Lipinski definition) is 3. The summed E-state index contributed by atoms with van der Waals surface area (Å²) in [5.74, 6) is -0.919. The molecule has 2 heterocycles. The highest BCUT2D eigenvalue weighted by Gasteiger charge is 2.42. The van der Waals surface area contributed by atoms with Crippen LogP contribution in [0.25, 0.3) is 11.4 Å². The number of fused-ring (bicyclic) bond motifs is 1. The summed E-state index contributed by atoms with van der Waals surface area (Å²) in [5, 5.41) is 3.85. The predicted octanol–water partition coefficient (Wildman–Crippen LogP) is 4.84. The number of anilines is 1. The second-order valence-corrected chi connectivity index (χ2v) is 8.17. The van der Waals surface area contributed by atoms with Crippen molar-refractivity contribution in [1.29, 1.82) is 0 Å². The van der Waals surface area contributed by atoms with E-state index in [4.69, 9.17) is 11.6 Å². The van der Waals surface area contributed by atoms with E-state index >= 15 is 0 Å². The molecule has 0 atom stereocenters.